The third-order valence-electron chi connectivity index (χ3n) is 6.49. The topological polar surface area (TPSA) is 55.8 Å². The van der Waals surface area contributed by atoms with Crippen molar-refractivity contribution >= 4 is 11.9 Å². The lowest BCUT2D eigenvalue weighted by molar-refractivity contribution is -0.162. The van der Waals surface area contributed by atoms with Crippen LogP contribution in [0.3, 0.4) is 0 Å². The molecular formula is C28H51NO4. The minimum atomic E-state index is -0.379. The van der Waals surface area contributed by atoms with Crippen LogP contribution in [-0.2, 0) is 19.1 Å². The van der Waals surface area contributed by atoms with Crippen LogP contribution >= 0.6 is 0 Å². The minimum Gasteiger partial charge on any atom is -0.462 e. The molecule has 1 heterocycles. The molecule has 1 saturated heterocycles. The summed E-state index contributed by atoms with van der Waals surface area (Å²) in [6, 6.07) is 0. The summed E-state index contributed by atoms with van der Waals surface area (Å²) in [6.45, 7) is 6.07. The van der Waals surface area contributed by atoms with Crippen LogP contribution in [0.15, 0.2) is 12.2 Å². The monoisotopic (exact) mass is 465 g/mol. The Kier molecular flexibility index (Phi) is 18.0. The highest BCUT2D eigenvalue weighted by molar-refractivity contribution is 5.73. The van der Waals surface area contributed by atoms with Gasteiger partial charge in [-0.3, -0.25) is 9.59 Å². The molecule has 5 heteroatoms. The number of hydrogen-bond acceptors (Lipinski definition) is 5. The van der Waals surface area contributed by atoms with Gasteiger partial charge in [-0.15, -0.1) is 0 Å². The van der Waals surface area contributed by atoms with Crippen molar-refractivity contribution in [2.75, 3.05) is 26.7 Å². The molecule has 0 aromatic rings. The predicted molar refractivity (Wildman–Crippen MR) is 136 cm³/mol. The van der Waals surface area contributed by atoms with E-state index >= 15 is 0 Å². The Balaban J connectivity index is 1.89. The van der Waals surface area contributed by atoms with Crippen molar-refractivity contribution in [3.8, 4) is 0 Å². The zero-order valence-electron chi connectivity index (χ0n) is 21.8. The van der Waals surface area contributed by atoms with Crippen LogP contribution < -0.4 is 0 Å². The largest absolute Gasteiger partial charge is 0.462 e. The number of rotatable bonds is 19. The van der Waals surface area contributed by atoms with E-state index in [1.165, 1.54) is 70.6 Å². The van der Waals surface area contributed by atoms with Gasteiger partial charge in [0, 0.05) is 6.42 Å². The first kappa shape index (κ1) is 29.7. The Labute approximate surface area is 203 Å². The third-order valence-corrected chi connectivity index (χ3v) is 6.49. The minimum absolute atomic E-state index is 0.0184. The van der Waals surface area contributed by atoms with Crippen LogP contribution in [0, 0.1) is 5.92 Å². The van der Waals surface area contributed by atoms with Gasteiger partial charge in [-0.05, 0) is 72.0 Å². The number of likely N-dealkylation sites (tertiary alicyclic amines) is 1. The molecule has 0 radical (unpaired) electrons. The molecule has 1 aliphatic heterocycles. The van der Waals surface area contributed by atoms with Gasteiger partial charge >= 0.3 is 11.9 Å². The number of allylic oxidation sites excluding steroid dienone is 2. The van der Waals surface area contributed by atoms with Gasteiger partial charge in [0.1, 0.15) is 12.7 Å². The van der Waals surface area contributed by atoms with E-state index < -0.39 is 0 Å². The summed E-state index contributed by atoms with van der Waals surface area (Å²) in [4.78, 5) is 26.4. The Morgan fingerprint density at radius 2 is 1.42 bits per heavy atom. The molecular weight excluding hydrogens is 414 g/mol. The van der Waals surface area contributed by atoms with Crippen LogP contribution in [-0.4, -0.2) is 49.7 Å². The zero-order valence-corrected chi connectivity index (χ0v) is 21.8. The lowest BCUT2D eigenvalue weighted by Gasteiger charge is -2.28. The molecule has 0 aromatic heterocycles. The highest BCUT2D eigenvalue weighted by Crippen LogP contribution is 2.18. The number of nitrogens with zero attached hydrogens (tertiary/aromatic N) is 1. The van der Waals surface area contributed by atoms with Gasteiger partial charge in [0.15, 0.2) is 0 Å². The normalized spacial score (nSPS) is 16.2. The first-order chi connectivity index (χ1) is 16.0. The first-order valence-electron chi connectivity index (χ1n) is 13.7. The van der Waals surface area contributed by atoms with E-state index in [2.05, 4.69) is 31.0 Å². The summed E-state index contributed by atoms with van der Waals surface area (Å²) in [6.07, 6.45) is 22.6. The van der Waals surface area contributed by atoms with Gasteiger partial charge in [-0.1, -0.05) is 70.4 Å². The summed E-state index contributed by atoms with van der Waals surface area (Å²) in [5, 5.41) is 0. The standard InChI is InChI=1S/C28H51NO4/c1-4-5-6-7-8-9-10-11-12-13-14-15-16-17-18-19-27(30)32-24-25(2)33-28(31)26-20-22-29(3)23-21-26/h11-12,25-26H,4-10,13-24H2,1-3H3/b12-11+. The molecule has 1 atom stereocenters. The number of ether oxygens (including phenoxy) is 2. The number of carbonyl (C=O) groups excluding carboxylic acids is 2. The van der Waals surface area contributed by atoms with Crippen LogP contribution in [0.1, 0.15) is 117 Å². The molecule has 0 bridgehead atoms. The molecule has 0 aliphatic carbocycles. The lowest BCUT2D eigenvalue weighted by atomic mass is 9.97. The van der Waals surface area contributed by atoms with Crippen molar-refractivity contribution < 1.29 is 19.1 Å². The van der Waals surface area contributed by atoms with Crippen molar-refractivity contribution in [3.63, 3.8) is 0 Å². The SMILES string of the molecule is CCCCCCCC/C=C/CCCCCCCC(=O)OCC(C)OC(=O)C1CCN(C)CC1. The van der Waals surface area contributed by atoms with Crippen LogP contribution in [0.2, 0.25) is 0 Å². The maximum absolute atomic E-state index is 12.2. The van der Waals surface area contributed by atoms with Crippen molar-refractivity contribution in [1.29, 1.82) is 0 Å². The molecule has 0 amide bonds. The van der Waals surface area contributed by atoms with Crippen molar-refractivity contribution in [2.45, 2.75) is 123 Å². The summed E-state index contributed by atoms with van der Waals surface area (Å²) in [5.74, 6) is -0.353. The van der Waals surface area contributed by atoms with E-state index in [0.29, 0.717) is 6.42 Å². The Morgan fingerprint density at radius 1 is 0.879 bits per heavy atom. The van der Waals surface area contributed by atoms with Gasteiger partial charge in [-0.25, -0.2) is 0 Å². The molecule has 0 aromatic carbocycles. The molecule has 192 valence electrons. The van der Waals surface area contributed by atoms with Gasteiger partial charge < -0.3 is 14.4 Å². The summed E-state index contributed by atoms with van der Waals surface area (Å²) < 4.78 is 10.8. The van der Waals surface area contributed by atoms with E-state index in [1.807, 2.05) is 0 Å². The maximum atomic E-state index is 12.2. The lowest BCUT2D eigenvalue weighted by Crippen LogP contribution is -2.36. The second kappa shape index (κ2) is 20.1. The molecule has 1 rings (SSSR count). The predicted octanol–water partition coefficient (Wildman–Crippen LogP) is 6.84. The highest BCUT2D eigenvalue weighted by atomic mass is 16.6. The third kappa shape index (κ3) is 16.8. The van der Waals surface area contributed by atoms with E-state index in [-0.39, 0.29) is 30.6 Å². The van der Waals surface area contributed by atoms with Gasteiger partial charge in [0.25, 0.3) is 0 Å². The molecule has 0 saturated carbocycles. The molecule has 33 heavy (non-hydrogen) atoms. The number of carbonyl (C=O) groups is 2. The molecule has 1 fully saturated rings. The zero-order chi connectivity index (χ0) is 24.2. The van der Waals surface area contributed by atoms with Crippen LogP contribution in [0.4, 0.5) is 0 Å². The van der Waals surface area contributed by atoms with Crippen molar-refractivity contribution in [3.05, 3.63) is 12.2 Å². The average Bonchev–Trinajstić information content (AvgIpc) is 2.80. The van der Waals surface area contributed by atoms with E-state index in [1.54, 1.807) is 6.92 Å². The Hall–Kier alpha value is -1.36. The Morgan fingerprint density at radius 3 is 2.03 bits per heavy atom. The fraction of sp³-hybridized carbons (Fsp3) is 0.857. The van der Waals surface area contributed by atoms with Crippen LogP contribution in [0.5, 0.6) is 0 Å². The van der Waals surface area contributed by atoms with E-state index in [4.69, 9.17) is 9.47 Å². The fourth-order valence-corrected chi connectivity index (χ4v) is 4.20. The molecule has 1 aliphatic rings. The van der Waals surface area contributed by atoms with Crippen molar-refractivity contribution in [2.24, 2.45) is 5.92 Å². The molecule has 1 unspecified atom stereocenters. The number of hydrogen-bond donors (Lipinski definition) is 0. The number of unbranched alkanes of at least 4 members (excludes halogenated alkanes) is 11. The van der Waals surface area contributed by atoms with Gasteiger partial charge in [0.05, 0.1) is 5.92 Å². The second-order valence-corrected chi connectivity index (χ2v) is 9.84. The smallest absolute Gasteiger partial charge is 0.309 e. The average molecular weight is 466 g/mol. The first-order valence-corrected chi connectivity index (χ1v) is 13.7. The summed E-state index contributed by atoms with van der Waals surface area (Å²) >= 11 is 0. The van der Waals surface area contributed by atoms with Gasteiger partial charge in [-0.2, -0.15) is 0 Å². The van der Waals surface area contributed by atoms with E-state index in [0.717, 1.165) is 38.8 Å². The van der Waals surface area contributed by atoms with Gasteiger partial charge in [0.2, 0.25) is 0 Å². The fourth-order valence-electron chi connectivity index (χ4n) is 4.20. The quantitative estimate of drug-likeness (QED) is 0.119. The molecule has 0 N–H and O–H groups in total. The highest BCUT2D eigenvalue weighted by Gasteiger charge is 2.26. The number of esters is 2. The maximum Gasteiger partial charge on any atom is 0.309 e. The Bertz CT molecular complexity index is 526. The van der Waals surface area contributed by atoms with Crippen LogP contribution in [0.25, 0.3) is 0 Å². The molecule has 0 spiro atoms. The summed E-state index contributed by atoms with van der Waals surface area (Å²) in [5.41, 5.74) is 0. The van der Waals surface area contributed by atoms with Crippen molar-refractivity contribution in [1.82, 2.24) is 4.90 Å². The number of piperidine rings is 1. The van der Waals surface area contributed by atoms with E-state index in [9.17, 15) is 9.59 Å². The molecule has 5 nitrogen and oxygen atoms in total. The summed E-state index contributed by atoms with van der Waals surface area (Å²) in [7, 11) is 2.07. The second-order valence-electron chi connectivity index (χ2n) is 9.84.